The number of likely N-dealkylation sites (tertiary alicyclic amines) is 1. The van der Waals surface area contributed by atoms with E-state index in [1.165, 1.54) is 12.1 Å². The van der Waals surface area contributed by atoms with Crippen molar-refractivity contribution in [3.05, 3.63) is 106 Å². The van der Waals surface area contributed by atoms with Crippen LogP contribution in [0.2, 0.25) is 5.02 Å². The number of imidazole rings is 1. The molecule has 1 fully saturated rings. The fourth-order valence-electron chi connectivity index (χ4n) is 5.54. The van der Waals surface area contributed by atoms with Gasteiger partial charge in [0.05, 0.1) is 16.4 Å². The average Bonchev–Trinajstić information content (AvgIpc) is 3.47. The Morgan fingerprint density at radius 2 is 1.83 bits per heavy atom. The molecule has 1 aliphatic heterocycles. The van der Waals surface area contributed by atoms with E-state index in [1.807, 2.05) is 42.3 Å². The quantitative estimate of drug-likeness (QED) is 0.256. The topological polar surface area (TPSA) is 90.0 Å². The number of carbonyl (C=O) groups excluding carboxylic acids is 1. The standard InChI is InChI=1S/C31H35ClFN7O/c1-21-17-23(32)18-37-27(21)19-40(25-10-15-39(16-11-25)30(41)38-29-35-13-14-36-29)20-28-26(5-4-12-34-28)31(2,3)22-6-8-24(33)9-7-22/h4-9,12-14,17-18,25H,10-11,15-16,19-20H2,1-3H3,(H2,35,36,38,41). The first-order chi connectivity index (χ1) is 19.7. The van der Waals surface area contributed by atoms with Crippen LogP contribution in [0.5, 0.6) is 0 Å². The molecule has 1 aromatic carbocycles. The Morgan fingerprint density at radius 1 is 1.10 bits per heavy atom. The van der Waals surface area contributed by atoms with Crippen molar-refractivity contribution in [2.45, 2.75) is 58.2 Å². The number of benzene rings is 1. The number of aryl methyl sites for hydroxylation is 1. The van der Waals surface area contributed by atoms with Crippen LogP contribution in [-0.2, 0) is 18.5 Å². The smallest absolute Gasteiger partial charge is 0.324 e. The first kappa shape index (κ1) is 28.7. The SMILES string of the molecule is Cc1cc(Cl)cnc1CN(Cc1ncccc1C(C)(C)c1ccc(F)cc1)C1CCN(C(=O)Nc2ncc[nH]2)CC1. The molecule has 4 aromatic rings. The molecular formula is C31H35ClFN7O. The Labute approximate surface area is 245 Å². The Kier molecular flexibility index (Phi) is 8.65. The molecule has 0 saturated carbocycles. The largest absolute Gasteiger partial charge is 0.331 e. The van der Waals surface area contributed by atoms with E-state index in [0.717, 1.165) is 40.9 Å². The van der Waals surface area contributed by atoms with Gasteiger partial charge in [-0.25, -0.2) is 14.2 Å². The minimum atomic E-state index is -0.384. The molecule has 0 aliphatic carbocycles. The number of aromatic amines is 1. The van der Waals surface area contributed by atoms with Gasteiger partial charge in [-0.15, -0.1) is 0 Å². The first-order valence-electron chi connectivity index (χ1n) is 13.8. The highest BCUT2D eigenvalue weighted by Gasteiger charge is 2.31. The Balaban J connectivity index is 1.39. The van der Waals surface area contributed by atoms with Gasteiger partial charge in [-0.05, 0) is 60.7 Å². The van der Waals surface area contributed by atoms with Crippen LogP contribution in [0.25, 0.3) is 0 Å². The van der Waals surface area contributed by atoms with Gasteiger partial charge < -0.3 is 9.88 Å². The zero-order valence-electron chi connectivity index (χ0n) is 23.6. The lowest BCUT2D eigenvalue weighted by atomic mass is 9.77. The molecule has 10 heteroatoms. The zero-order valence-corrected chi connectivity index (χ0v) is 24.3. The molecule has 5 rings (SSSR count). The van der Waals surface area contributed by atoms with E-state index in [-0.39, 0.29) is 23.3 Å². The second kappa shape index (κ2) is 12.4. The zero-order chi connectivity index (χ0) is 29.0. The Morgan fingerprint density at radius 3 is 2.51 bits per heavy atom. The molecule has 41 heavy (non-hydrogen) atoms. The van der Waals surface area contributed by atoms with Crippen LogP contribution in [0.15, 0.2) is 67.3 Å². The van der Waals surface area contributed by atoms with Crippen molar-refractivity contribution in [3.8, 4) is 0 Å². The number of anilines is 1. The summed E-state index contributed by atoms with van der Waals surface area (Å²) in [5.41, 5.74) is 4.68. The van der Waals surface area contributed by atoms with E-state index in [1.54, 1.807) is 18.6 Å². The Bertz CT molecular complexity index is 1470. The van der Waals surface area contributed by atoms with Crippen LogP contribution in [-0.4, -0.2) is 54.9 Å². The van der Waals surface area contributed by atoms with Gasteiger partial charge in [0, 0.05) is 62.4 Å². The third kappa shape index (κ3) is 6.74. The van der Waals surface area contributed by atoms with Gasteiger partial charge in [-0.1, -0.05) is 43.6 Å². The number of H-pyrrole nitrogens is 1. The maximum atomic E-state index is 13.7. The number of piperidine rings is 1. The summed E-state index contributed by atoms with van der Waals surface area (Å²) in [6.45, 7) is 8.79. The van der Waals surface area contributed by atoms with Gasteiger partial charge in [-0.3, -0.25) is 20.2 Å². The normalized spacial score (nSPS) is 14.4. The predicted molar refractivity (Wildman–Crippen MR) is 158 cm³/mol. The molecule has 2 N–H and O–H groups in total. The van der Waals surface area contributed by atoms with Crippen molar-refractivity contribution in [1.82, 2.24) is 29.7 Å². The van der Waals surface area contributed by atoms with Crippen LogP contribution >= 0.6 is 11.6 Å². The van der Waals surface area contributed by atoms with Crippen molar-refractivity contribution < 1.29 is 9.18 Å². The van der Waals surface area contributed by atoms with Crippen LogP contribution < -0.4 is 5.32 Å². The van der Waals surface area contributed by atoms with E-state index in [2.05, 4.69) is 45.1 Å². The number of nitrogens with zero attached hydrogens (tertiary/aromatic N) is 5. The summed E-state index contributed by atoms with van der Waals surface area (Å²) in [6.07, 6.45) is 8.41. The van der Waals surface area contributed by atoms with Crippen LogP contribution in [0.4, 0.5) is 15.1 Å². The van der Waals surface area contributed by atoms with E-state index in [0.29, 0.717) is 37.1 Å². The van der Waals surface area contributed by atoms with Gasteiger partial charge >= 0.3 is 6.03 Å². The number of hydrogen-bond acceptors (Lipinski definition) is 5. The molecule has 0 unspecified atom stereocenters. The summed E-state index contributed by atoms with van der Waals surface area (Å²) >= 11 is 6.21. The number of aromatic nitrogens is 4. The second-order valence-corrected chi connectivity index (χ2v) is 11.5. The molecule has 214 valence electrons. The highest BCUT2D eigenvalue weighted by atomic mass is 35.5. The number of carbonyl (C=O) groups is 1. The summed E-state index contributed by atoms with van der Waals surface area (Å²) < 4.78 is 13.7. The molecule has 0 atom stereocenters. The van der Waals surface area contributed by atoms with E-state index >= 15 is 0 Å². The van der Waals surface area contributed by atoms with Gasteiger partial charge in [0.2, 0.25) is 5.95 Å². The molecule has 1 aliphatic rings. The lowest BCUT2D eigenvalue weighted by molar-refractivity contribution is 0.106. The fraction of sp³-hybridized carbons (Fsp3) is 0.355. The summed E-state index contributed by atoms with van der Waals surface area (Å²) in [7, 11) is 0. The van der Waals surface area contributed by atoms with Gasteiger partial charge in [0.1, 0.15) is 5.82 Å². The predicted octanol–water partition coefficient (Wildman–Crippen LogP) is 6.33. The highest BCUT2D eigenvalue weighted by molar-refractivity contribution is 6.30. The fourth-order valence-corrected chi connectivity index (χ4v) is 5.75. The van der Waals surface area contributed by atoms with E-state index in [9.17, 15) is 9.18 Å². The summed E-state index contributed by atoms with van der Waals surface area (Å²) in [5.74, 6) is 0.187. The summed E-state index contributed by atoms with van der Waals surface area (Å²) in [6, 6.07) is 12.7. The summed E-state index contributed by atoms with van der Waals surface area (Å²) in [4.78, 5) is 33.5. The number of hydrogen-bond donors (Lipinski definition) is 2. The lowest BCUT2D eigenvalue weighted by Gasteiger charge is -2.39. The molecule has 1 saturated heterocycles. The third-order valence-corrected chi connectivity index (χ3v) is 8.19. The minimum Gasteiger partial charge on any atom is -0.331 e. The van der Waals surface area contributed by atoms with Crippen molar-refractivity contribution in [2.75, 3.05) is 18.4 Å². The molecular weight excluding hydrogens is 541 g/mol. The van der Waals surface area contributed by atoms with Crippen LogP contribution in [0, 0.1) is 12.7 Å². The monoisotopic (exact) mass is 575 g/mol. The van der Waals surface area contributed by atoms with Gasteiger partial charge in [-0.2, -0.15) is 0 Å². The number of rotatable bonds is 8. The van der Waals surface area contributed by atoms with Crippen LogP contribution in [0.3, 0.4) is 0 Å². The average molecular weight is 576 g/mol. The maximum Gasteiger partial charge on any atom is 0.324 e. The first-order valence-corrected chi connectivity index (χ1v) is 14.2. The molecule has 0 radical (unpaired) electrons. The number of amides is 2. The van der Waals surface area contributed by atoms with E-state index < -0.39 is 0 Å². The van der Waals surface area contributed by atoms with E-state index in [4.69, 9.17) is 16.6 Å². The van der Waals surface area contributed by atoms with Crippen LogP contribution in [0.1, 0.15) is 54.8 Å². The second-order valence-electron chi connectivity index (χ2n) is 11.0. The van der Waals surface area contributed by atoms with Gasteiger partial charge in [0.25, 0.3) is 0 Å². The van der Waals surface area contributed by atoms with Crippen molar-refractivity contribution in [3.63, 3.8) is 0 Å². The summed E-state index contributed by atoms with van der Waals surface area (Å²) in [5, 5.41) is 3.43. The van der Waals surface area contributed by atoms with Crippen molar-refractivity contribution in [2.24, 2.45) is 0 Å². The lowest BCUT2D eigenvalue weighted by Crippen LogP contribution is -2.48. The molecule has 0 spiro atoms. The number of pyridine rings is 2. The third-order valence-electron chi connectivity index (χ3n) is 7.98. The number of nitrogens with one attached hydrogen (secondary N) is 2. The number of halogens is 2. The van der Waals surface area contributed by atoms with Crippen molar-refractivity contribution in [1.29, 1.82) is 0 Å². The highest BCUT2D eigenvalue weighted by Crippen LogP contribution is 2.34. The maximum absolute atomic E-state index is 13.7. The van der Waals surface area contributed by atoms with Gasteiger partial charge in [0.15, 0.2) is 0 Å². The molecule has 3 aromatic heterocycles. The Hall–Kier alpha value is -3.82. The number of urea groups is 1. The van der Waals surface area contributed by atoms with Crippen molar-refractivity contribution >= 4 is 23.6 Å². The minimum absolute atomic E-state index is 0.159. The molecule has 0 bridgehead atoms. The molecule has 4 heterocycles. The molecule has 8 nitrogen and oxygen atoms in total. The molecule has 2 amide bonds.